The number of fused-ring (bicyclic) bond motifs is 1. The Hall–Kier alpha value is -1.83. The Morgan fingerprint density at radius 2 is 1.82 bits per heavy atom. The van der Waals surface area contributed by atoms with Crippen LogP contribution in [0.2, 0.25) is 0 Å². The molecule has 0 spiro atoms. The van der Waals surface area contributed by atoms with Gasteiger partial charge < -0.3 is 5.32 Å². The molecule has 0 aliphatic heterocycles. The smallest absolute Gasteiger partial charge is 0.216 e. The molecule has 0 heterocycles. The Morgan fingerprint density at radius 1 is 1.12 bits per heavy atom. The molecule has 0 aromatic heterocycles. The number of hydrogen-bond donors (Lipinski definition) is 1. The lowest BCUT2D eigenvalue weighted by Crippen LogP contribution is -2.22. The van der Waals surface area contributed by atoms with E-state index in [0.29, 0.717) is 6.54 Å². The van der Waals surface area contributed by atoms with E-state index in [1.54, 1.807) is 6.92 Å². The van der Waals surface area contributed by atoms with Gasteiger partial charge in [0.25, 0.3) is 0 Å². The van der Waals surface area contributed by atoms with Gasteiger partial charge in [-0.05, 0) is 29.7 Å². The molecular weight excluding hydrogens is 210 g/mol. The first kappa shape index (κ1) is 11.6. The van der Waals surface area contributed by atoms with Crippen LogP contribution < -0.4 is 5.32 Å². The fourth-order valence-electron chi connectivity index (χ4n) is 1.95. The van der Waals surface area contributed by atoms with Crippen molar-refractivity contribution in [1.82, 2.24) is 5.32 Å². The number of rotatable bonds is 3. The second-order valence-corrected chi connectivity index (χ2v) is 4.42. The van der Waals surface area contributed by atoms with Crippen LogP contribution in [0.1, 0.15) is 18.1 Å². The van der Waals surface area contributed by atoms with Gasteiger partial charge in [0, 0.05) is 13.5 Å². The number of benzene rings is 2. The summed E-state index contributed by atoms with van der Waals surface area (Å²) in [6.07, 6.45) is 0.878. The van der Waals surface area contributed by atoms with E-state index < -0.39 is 0 Å². The molecule has 0 radical (unpaired) electrons. The van der Waals surface area contributed by atoms with Crippen molar-refractivity contribution in [3.8, 4) is 0 Å². The third-order valence-electron chi connectivity index (χ3n) is 2.85. The minimum Gasteiger partial charge on any atom is -0.356 e. The summed E-state index contributed by atoms with van der Waals surface area (Å²) >= 11 is 0. The topological polar surface area (TPSA) is 29.1 Å². The minimum absolute atomic E-state index is 0.0291. The van der Waals surface area contributed by atoms with E-state index in [0.717, 1.165) is 6.42 Å². The van der Waals surface area contributed by atoms with Gasteiger partial charge in [-0.1, -0.05) is 42.0 Å². The van der Waals surface area contributed by atoms with E-state index in [2.05, 4.69) is 48.6 Å². The third kappa shape index (κ3) is 3.06. The predicted molar refractivity (Wildman–Crippen MR) is 71.1 cm³/mol. The summed E-state index contributed by atoms with van der Waals surface area (Å²) < 4.78 is 0. The molecule has 17 heavy (non-hydrogen) atoms. The maximum absolute atomic E-state index is 10.8. The second kappa shape index (κ2) is 5.00. The number of aryl methyl sites for hydroxylation is 1. The first-order chi connectivity index (χ1) is 8.15. The van der Waals surface area contributed by atoms with E-state index in [-0.39, 0.29) is 5.91 Å². The fourth-order valence-corrected chi connectivity index (χ4v) is 1.95. The molecule has 0 aliphatic rings. The standard InChI is InChI=1S/C15H17NO/c1-11-3-5-15-10-13(4-6-14(15)9-11)7-8-16-12(2)17/h3-6,9-10H,7-8H2,1-2H3,(H,16,17). The summed E-state index contributed by atoms with van der Waals surface area (Å²) in [5, 5.41) is 5.34. The van der Waals surface area contributed by atoms with Gasteiger partial charge in [0.2, 0.25) is 5.91 Å². The van der Waals surface area contributed by atoms with Gasteiger partial charge in [0.1, 0.15) is 0 Å². The number of carbonyl (C=O) groups excluding carboxylic acids is 1. The Morgan fingerprint density at radius 3 is 2.59 bits per heavy atom. The van der Waals surface area contributed by atoms with E-state index in [1.165, 1.54) is 21.9 Å². The van der Waals surface area contributed by atoms with Crippen molar-refractivity contribution in [3.63, 3.8) is 0 Å². The SMILES string of the molecule is CC(=O)NCCc1ccc2cc(C)ccc2c1. The van der Waals surface area contributed by atoms with Crippen LogP contribution in [-0.2, 0) is 11.2 Å². The van der Waals surface area contributed by atoms with Crippen LogP contribution in [0.5, 0.6) is 0 Å². The molecular formula is C15H17NO. The third-order valence-corrected chi connectivity index (χ3v) is 2.85. The Bertz CT molecular complexity index is 546. The molecule has 1 N–H and O–H groups in total. The summed E-state index contributed by atoms with van der Waals surface area (Å²) in [5.41, 5.74) is 2.54. The summed E-state index contributed by atoms with van der Waals surface area (Å²) in [5.74, 6) is 0.0291. The molecule has 1 amide bonds. The zero-order valence-electron chi connectivity index (χ0n) is 10.3. The van der Waals surface area contributed by atoms with Crippen molar-refractivity contribution in [2.75, 3.05) is 6.54 Å². The predicted octanol–water partition coefficient (Wildman–Crippen LogP) is 2.83. The maximum Gasteiger partial charge on any atom is 0.216 e. The lowest BCUT2D eigenvalue weighted by atomic mass is 10.0. The van der Waals surface area contributed by atoms with Gasteiger partial charge in [-0.25, -0.2) is 0 Å². The number of hydrogen-bond acceptors (Lipinski definition) is 1. The lowest BCUT2D eigenvalue weighted by molar-refractivity contribution is -0.118. The van der Waals surface area contributed by atoms with Crippen molar-refractivity contribution < 1.29 is 4.79 Å². The summed E-state index contributed by atoms with van der Waals surface area (Å²) in [6, 6.07) is 12.9. The molecule has 2 aromatic carbocycles. The van der Waals surface area contributed by atoms with Crippen molar-refractivity contribution in [3.05, 3.63) is 47.5 Å². The molecule has 0 atom stereocenters. The van der Waals surface area contributed by atoms with Crippen molar-refractivity contribution in [2.24, 2.45) is 0 Å². The van der Waals surface area contributed by atoms with Gasteiger partial charge in [-0.2, -0.15) is 0 Å². The molecule has 2 nitrogen and oxygen atoms in total. The molecule has 0 unspecified atom stereocenters. The maximum atomic E-state index is 10.8. The van der Waals surface area contributed by atoms with Crippen LogP contribution in [-0.4, -0.2) is 12.5 Å². The van der Waals surface area contributed by atoms with Crippen LogP contribution in [0, 0.1) is 6.92 Å². The molecule has 2 rings (SSSR count). The van der Waals surface area contributed by atoms with Crippen LogP contribution in [0.4, 0.5) is 0 Å². The molecule has 0 bridgehead atoms. The van der Waals surface area contributed by atoms with Gasteiger partial charge in [0.05, 0.1) is 0 Å². The Balaban J connectivity index is 2.14. The Kier molecular flexibility index (Phi) is 3.43. The average Bonchev–Trinajstić information content (AvgIpc) is 2.29. The normalized spacial score (nSPS) is 10.5. The molecule has 88 valence electrons. The first-order valence-corrected chi connectivity index (χ1v) is 5.89. The largest absolute Gasteiger partial charge is 0.356 e. The first-order valence-electron chi connectivity index (χ1n) is 5.89. The van der Waals surface area contributed by atoms with Gasteiger partial charge in [-0.3, -0.25) is 4.79 Å². The van der Waals surface area contributed by atoms with Crippen LogP contribution in [0.15, 0.2) is 36.4 Å². The van der Waals surface area contributed by atoms with Gasteiger partial charge in [-0.15, -0.1) is 0 Å². The summed E-state index contributed by atoms with van der Waals surface area (Å²) in [4.78, 5) is 10.8. The summed E-state index contributed by atoms with van der Waals surface area (Å²) in [6.45, 7) is 4.35. The molecule has 2 heteroatoms. The fraction of sp³-hybridized carbons (Fsp3) is 0.267. The van der Waals surface area contributed by atoms with E-state index in [9.17, 15) is 4.79 Å². The van der Waals surface area contributed by atoms with Gasteiger partial charge in [0.15, 0.2) is 0 Å². The second-order valence-electron chi connectivity index (χ2n) is 4.42. The zero-order chi connectivity index (χ0) is 12.3. The number of amides is 1. The highest BCUT2D eigenvalue weighted by Gasteiger charge is 1.98. The van der Waals surface area contributed by atoms with Crippen molar-refractivity contribution >= 4 is 16.7 Å². The summed E-state index contributed by atoms with van der Waals surface area (Å²) in [7, 11) is 0. The van der Waals surface area contributed by atoms with Crippen LogP contribution >= 0.6 is 0 Å². The highest BCUT2D eigenvalue weighted by Crippen LogP contribution is 2.17. The van der Waals surface area contributed by atoms with E-state index in [4.69, 9.17) is 0 Å². The highest BCUT2D eigenvalue weighted by atomic mass is 16.1. The lowest BCUT2D eigenvalue weighted by Gasteiger charge is -2.05. The van der Waals surface area contributed by atoms with Crippen LogP contribution in [0.3, 0.4) is 0 Å². The molecule has 0 saturated heterocycles. The van der Waals surface area contributed by atoms with Crippen LogP contribution in [0.25, 0.3) is 10.8 Å². The van der Waals surface area contributed by atoms with Gasteiger partial charge >= 0.3 is 0 Å². The Labute approximate surface area is 102 Å². The molecule has 0 saturated carbocycles. The quantitative estimate of drug-likeness (QED) is 0.858. The number of nitrogens with one attached hydrogen (secondary N) is 1. The van der Waals surface area contributed by atoms with Crippen molar-refractivity contribution in [1.29, 1.82) is 0 Å². The molecule has 2 aromatic rings. The zero-order valence-corrected chi connectivity index (χ0v) is 10.3. The highest BCUT2D eigenvalue weighted by molar-refractivity contribution is 5.83. The molecule has 0 aliphatic carbocycles. The molecule has 0 fully saturated rings. The number of carbonyl (C=O) groups is 1. The average molecular weight is 227 g/mol. The minimum atomic E-state index is 0.0291. The monoisotopic (exact) mass is 227 g/mol. The van der Waals surface area contributed by atoms with Crippen molar-refractivity contribution in [2.45, 2.75) is 20.3 Å². The van der Waals surface area contributed by atoms with E-state index in [1.807, 2.05) is 0 Å². The van der Waals surface area contributed by atoms with E-state index >= 15 is 0 Å².